The van der Waals surface area contributed by atoms with Crippen LogP contribution in [0.25, 0.3) is 0 Å². The number of aliphatic hydroxyl groups is 3. The van der Waals surface area contributed by atoms with Crippen LogP contribution in [0.1, 0.15) is 248 Å². The van der Waals surface area contributed by atoms with E-state index in [1.165, 1.54) is 53.0 Å². The Morgan fingerprint density at radius 2 is 0.662 bits per heavy atom. The first-order valence-electron chi connectivity index (χ1n) is 47.3. The van der Waals surface area contributed by atoms with Gasteiger partial charge in [-0.25, -0.2) is 41.1 Å². The quantitative estimate of drug-likeness (QED) is 0.0299. The summed E-state index contributed by atoms with van der Waals surface area (Å²) in [7, 11) is -6.44. The van der Waals surface area contributed by atoms with Crippen LogP contribution in [0, 0.1) is 29.6 Å². The molecule has 7 aromatic carbocycles. The second-order valence-corrected chi connectivity index (χ2v) is 40.6. The highest BCUT2D eigenvalue weighted by Gasteiger charge is 2.30. The van der Waals surface area contributed by atoms with Gasteiger partial charge in [-0.3, -0.25) is 33.6 Å². The molecule has 0 spiro atoms. The number of benzene rings is 7. The summed E-state index contributed by atoms with van der Waals surface area (Å²) in [5.74, 6) is 4.99. The highest BCUT2D eigenvalue weighted by atomic mass is 32.2. The van der Waals surface area contributed by atoms with Crippen LogP contribution in [0.5, 0.6) is 75.0 Å². The average molecular weight is 1960 g/mol. The smallest absolute Gasteiger partial charge is 0.274 e. The second-order valence-electron chi connectivity index (χ2n) is 36.6. The number of aromatic nitrogens is 4. The van der Waals surface area contributed by atoms with E-state index in [0.29, 0.717) is 142 Å². The van der Waals surface area contributed by atoms with Gasteiger partial charge in [0.15, 0.2) is 38.8 Å². The second kappa shape index (κ2) is 53.8. The van der Waals surface area contributed by atoms with Crippen molar-refractivity contribution < 1.29 is 113 Å². The van der Waals surface area contributed by atoms with Crippen LogP contribution < -0.4 is 47.4 Å². The van der Waals surface area contributed by atoms with Gasteiger partial charge in [-0.1, -0.05) is 99.6 Å². The lowest BCUT2D eigenvalue weighted by Crippen LogP contribution is -2.42. The van der Waals surface area contributed by atoms with E-state index in [-0.39, 0.29) is 155 Å². The van der Waals surface area contributed by atoms with Gasteiger partial charge in [0.25, 0.3) is 11.8 Å². The summed E-state index contributed by atoms with van der Waals surface area (Å²) in [6.07, 6.45) is 12.7. The number of hydrogen-bond acceptors (Lipinski definition) is 28. The molecule has 3 saturated heterocycles. The van der Waals surface area contributed by atoms with Gasteiger partial charge in [-0.2, -0.15) is 0 Å². The molecule has 3 fully saturated rings. The van der Waals surface area contributed by atoms with Crippen LogP contribution in [-0.4, -0.2) is 221 Å². The van der Waals surface area contributed by atoms with E-state index in [1.807, 2.05) is 149 Å². The van der Waals surface area contributed by atoms with E-state index in [2.05, 4.69) is 32.1 Å². The molecule has 2 amide bonds. The van der Waals surface area contributed by atoms with Crippen molar-refractivity contribution in [1.82, 2.24) is 34.0 Å². The fourth-order valence-corrected chi connectivity index (χ4v) is 15.5. The molecule has 0 radical (unpaired) electrons. The number of carbonyl (C=O) groups excluding carboxylic acids is 7. The van der Waals surface area contributed by atoms with E-state index in [0.717, 1.165) is 51.7 Å². The number of rotatable bonds is 42. The summed E-state index contributed by atoms with van der Waals surface area (Å²) in [6, 6.07) is 41.9. The third-order valence-electron chi connectivity index (χ3n) is 21.6. The van der Waals surface area contributed by atoms with Crippen molar-refractivity contribution in [2.45, 2.75) is 224 Å². The van der Waals surface area contributed by atoms with Gasteiger partial charge < -0.3 is 72.5 Å². The number of nitrogens with zero attached hydrogens (tertiary/aromatic N) is 7. The standard InChI is InChI=1S/C23H30O4.C22H27N3O5.C21H25N3O4.C21H26O6S.C19H29NO5S/c1-16(2)23(25)20-13-21(26-17(3)10-11-24)15-22(14-20)27-18(4)12-19-8-6-5-7-9-19;1-14(2)21(27)16-9-17(29-15(3)5-8-26)11-18(10-16)30-20-13-23-19(12-24-20)22(28)25-6-4-7-25;1-13(2)20(25)15-8-16(27-14(3)4)10-17(9-15)28-19-12-22-18(11-23-19)21(26)24-6-5-7-24;1-14(2)21(23)16-11-18(26-15(3)9-10-22)13-19(12-16)27-17-5-7-20(8-6-17)28(4,24)25;1-13(2)19(21)15-10-17(24-14(3)4)12-18(11-15)25-16-6-8-20(9-7-16)26(5,22)23/h5-9,13-18,24H,10-12H2,1-4H3;9-15,26H,4-8H2,1-3H3;8-14H,5-7H2,1-4H3;5-8,11-15,22H,9-10H2,1-4H3;10-14,16H,6-9H2,1-5H3/t17-,18-;15-;;15-;/m00.0./s1. The van der Waals surface area contributed by atoms with Crippen LogP contribution in [0.3, 0.4) is 0 Å². The molecular weight excluding hydrogens is 1820 g/mol. The highest BCUT2D eigenvalue weighted by molar-refractivity contribution is 7.90. The maximum Gasteiger partial charge on any atom is 0.274 e. The molecule has 0 saturated carbocycles. The normalized spacial score (nSPS) is 14.1. The van der Waals surface area contributed by atoms with Crippen LogP contribution in [0.4, 0.5) is 0 Å². The molecule has 31 nitrogen and oxygen atoms in total. The van der Waals surface area contributed by atoms with E-state index >= 15 is 0 Å². The number of amides is 2. The fourth-order valence-electron chi connectivity index (χ4n) is 14.0. The molecule has 752 valence electrons. The fraction of sp³-hybridized carbons (Fsp3) is 0.462. The number of hydrogen-bond donors (Lipinski definition) is 3. The largest absolute Gasteiger partial charge is 0.491 e. The Balaban J connectivity index is 0.000000213. The zero-order valence-electron chi connectivity index (χ0n) is 83.5. The minimum atomic E-state index is -3.29. The molecule has 5 heterocycles. The van der Waals surface area contributed by atoms with Crippen LogP contribution in [0.15, 0.2) is 175 Å². The van der Waals surface area contributed by atoms with E-state index in [9.17, 15) is 50.4 Å². The molecule has 33 heteroatoms. The van der Waals surface area contributed by atoms with E-state index in [4.69, 9.17) is 62.7 Å². The first-order chi connectivity index (χ1) is 65.7. The van der Waals surface area contributed by atoms with E-state index in [1.54, 1.807) is 107 Å². The monoisotopic (exact) mass is 1960 g/mol. The minimum absolute atomic E-state index is 0.000586. The molecule has 3 N–H and O–H groups in total. The Morgan fingerprint density at radius 3 is 0.957 bits per heavy atom. The van der Waals surface area contributed by atoms with Crippen molar-refractivity contribution in [3.63, 3.8) is 0 Å². The van der Waals surface area contributed by atoms with Crippen LogP contribution in [-0.2, 0) is 26.3 Å². The first kappa shape index (κ1) is 112. The van der Waals surface area contributed by atoms with Gasteiger partial charge in [0, 0.05) is 179 Å². The van der Waals surface area contributed by atoms with Crippen molar-refractivity contribution in [1.29, 1.82) is 0 Å². The van der Waals surface area contributed by atoms with Gasteiger partial charge in [0.2, 0.25) is 21.8 Å². The summed E-state index contributed by atoms with van der Waals surface area (Å²) < 4.78 is 106. The zero-order chi connectivity index (χ0) is 102. The number of carbonyl (C=O) groups is 7. The van der Waals surface area contributed by atoms with Crippen LogP contribution in [0.2, 0.25) is 0 Å². The summed E-state index contributed by atoms with van der Waals surface area (Å²) in [4.78, 5) is 107. The Kier molecular flexibility index (Phi) is 43.3. The molecule has 139 heavy (non-hydrogen) atoms. The zero-order valence-corrected chi connectivity index (χ0v) is 85.1. The number of likely N-dealkylation sites (tertiary alicyclic amines) is 2. The van der Waals surface area contributed by atoms with Crippen molar-refractivity contribution >= 4 is 60.6 Å². The van der Waals surface area contributed by atoms with Crippen molar-refractivity contribution in [2.24, 2.45) is 29.6 Å². The van der Waals surface area contributed by atoms with Gasteiger partial charge in [-0.15, -0.1) is 0 Å². The lowest BCUT2D eigenvalue weighted by molar-refractivity contribution is 0.0638. The molecule has 3 aliphatic heterocycles. The molecule has 0 unspecified atom stereocenters. The minimum Gasteiger partial charge on any atom is -0.491 e. The molecule has 0 aliphatic carbocycles. The molecule has 4 atom stereocenters. The maximum absolute atomic E-state index is 12.5. The number of Topliss-reactive ketones (excluding diaryl/α,β-unsaturated/α-hetero) is 5. The number of aliphatic hydroxyl groups excluding tert-OH is 3. The predicted molar refractivity (Wildman–Crippen MR) is 530 cm³/mol. The Bertz CT molecular complexity index is 5770. The molecule has 3 aliphatic rings. The molecule has 9 aromatic rings. The van der Waals surface area contributed by atoms with Gasteiger partial charge in [0.1, 0.15) is 80.7 Å². The summed E-state index contributed by atoms with van der Waals surface area (Å²) in [6.45, 7) is 37.7. The third kappa shape index (κ3) is 36.8. The molecular formula is C106H137N7O24S2. The Morgan fingerprint density at radius 1 is 0.353 bits per heavy atom. The van der Waals surface area contributed by atoms with Crippen molar-refractivity contribution in [2.75, 3.05) is 71.6 Å². The topological polar surface area (TPSA) is 402 Å². The summed E-state index contributed by atoms with van der Waals surface area (Å²) >= 11 is 0. The van der Waals surface area contributed by atoms with Gasteiger partial charge in [0.05, 0.1) is 72.6 Å². The molecule has 0 bridgehead atoms. The van der Waals surface area contributed by atoms with Crippen LogP contribution >= 0.6 is 0 Å². The highest BCUT2D eigenvalue weighted by Crippen LogP contribution is 2.36. The number of sulfonamides is 1. The maximum atomic E-state index is 12.5. The van der Waals surface area contributed by atoms with Gasteiger partial charge in [-0.05, 0) is 172 Å². The Hall–Kier alpha value is -12.3. The molecule has 2 aromatic heterocycles. The number of piperidine rings is 1. The number of sulfone groups is 1. The number of ketones is 5. The Labute approximate surface area is 818 Å². The average Bonchev–Trinajstić information content (AvgIpc) is 0.853. The lowest BCUT2D eigenvalue weighted by atomic mass is 10.0. The SMILES string of the molecule is CC(C)C(=O)c1cc(O[C@@H](C)CCO)cc(O[C@@H](C)Cc2ccccc2)c1.CC(C)C(=O)c1cc(Oc2ccc(S(C)(=O)=O)cc2)cc(O[C@@H](C)CCO)c1.CC(C)C(=O)c1cc(Oc2cnc(C(=O)N3CCC3)cn2)cc(O[C@@H](C)CCO)c1.CC(C)Oc1cc(OC2CCN(S(C)(=O)=O)CC2)cc(C(=O)C(C)C)c1.CC(C)Oc1cc(Oc2cnc(C(=O)N3CCC3)cn2)cc(C(=O)C(C)C)c1. The summed E-state index contributed by atoms with van der Waals surface area (Å²) in [5.41, 5.74) is 4.36. The van der Waals surface area contributed by atoms with Crippen molar-refractivity contribution in [3.8, 4) is 75.0 Å². The van der Waals surface area contributed by atoms with Gasteiger partial charge >= 0.3 is 0 Å². The number of ether oxygens (including phenoxy) is 10. The van der Waals surface area contributed by atoms with Crippen molar-refractivity contribution in [3.05, 3.63) is 215 Å². The lowest BCUT2D eigenvalue weighted by Gasteiger charge is -2.30. The predicted octanol–water partition coefficient (Wildman–Crippen LogP) is 18.5. The first-order valence-corrected chi connectivity index (χ1v) is 51.0. The summed E-state index contributed by atoms with van der Waals surface area (Å²) in [5, 5.41) is 27.2. The third-order valence-corrected chi connectivity index (χ3v) is 24.0. The van der Waals surface area contributed by atoms with E-state index < -0.39 is 19.9 Å². The molecule has 12 rings (SSSR count).